The zero-order chi connectivity index (χ0) is 20.9. The molecule has 0 aliphatic carbocycles. The van der Waals surface area contributed by atoms with E-state index in [-0.39, 0.29) is 31.7 Å². The Morgan fingerprint density at radius 2 is 1.90 bits per heavy atom. The SMILES string of the molecule is O=C(OCc1ccc(C(F)F)cc1)N1CC[C@H](CNc2ccncc2)C(F)(F)C1. The van der Waals surface area contributed by atoms with Gasteiger partial charge in [0, 0.05) is 42.7 Å². The molecule has 1 aromatic carbocycles. The summed E-state index contributed by atoms with van der Waals surface area (Å²) >= 11 is 0. The molecule has 1 amide bonds. The predicted octanol–water partition coefficient (Wildman–Crippen LogP) is 4.73. The Bertz CT molecular complexity index is 803. The third-order valence-electron chi connectivity index (χ3n) is 4.83. The molecule has 5 nitrogen and oxygen atoms in total. The van der Waals surface area contributed by atoms with Crippen LogP contribution < -0.4 is 5.32 Å². The van der Waals surface area contributed by atoms with Crippen LogP contribution >= 0.6 is 0 Å². The van der Waals surface area contributed by atoms with Crippen LogP contribution in [0.4, 0.5) is 28.0 Å². The van der Waals surface area contributed by atoms with Gasteiger partial charge in [-0.25, -0.2) is 22.4 Å². The number of carbonyl (C=O) groups excluding carboxylic acids is 1. The highest BCUT2D eigenvalue weighted by Crippen LogP contribution is 2.33. The molecule has 0 spiro atoms. The number of ether oxygens (including phenoxy) is 1. The molecule has 1 aliphatic heterocycles. The molecule has 156 valence electrons. The van der Waals surface area contributed by atoms with Crippen LogP contribution in [0.5, 0.6) is 0 Å². The van der Waals surface area contributed by atoms with Crippen molar-refractivity contribution < 1.29 is 27.1 Å². The third-order valence-corrected chi connectivity index (χ3v) is 4.83. The summed E-state index contributed by atoms with van der Waals surface area (Å²) in [6.45, 7) is -0.659. The lowest BCUT2D eigenvalue weighted by atomic mass is 9.93. The van der Waals surface area contributed by atoms with E-state index in [1.54, 1.807) is 24.5 Å². The number of nitrogens with zero attached hydrogens (tertiary/aromatic N) is 2. The molecule has 0 saturated carbocycles. The van der Waals surface area contributed by atoms with Gasteiger partial charge in [0.1, 0.15) is 6.61 Å². The van der Waals surface area contributed by atoms with Gasteiger partial charge in [-0.3, -0.25) is 4.98 Å². The molecule has 9 heteroatoms. The Labute approximate surface area is 165 Å². The van der Waals surface area contributed by atoms with Crippen molar-refractivity contribution in [2.45, 2.75) is 25.4 Å². The monoisotopic (exact) mass is 411 g/mol. The fourth-order valence-electron chi connectivity index (χ4n) is 3.10. The maximum atomic E-state index is 14.5. The zero-order valence-electron chi connectivity index (χ0n) is 15.5. The van der Waals surface area contributed by atoms with E-state index in [0.29, 0.717) is 11.3 Å². The molecule has 0 radical (unpaired) electrons. The number of hydrogen-bond acceptors (Lipinski definition) is 4. The second-order valence-electron chi connectivity index (χ2n) is 6.88. The fourth-order valence-corrected chi connectivity index (χ4v) is 3.10. The maximum absolute atomic E-state index is 14.5. The fraction of sp³-hybridized carbons (Fsp3) is 0.400. The second-order valence-corrected chi connectivity index (χ2v) is 6.88. The van der Waals surface area contributed by atoms with Gasteiger partial charge in [0.25, 0.3) is 12.3 Å². The average Bonchev–Trinajstić information content (AvgIpc) is 2.71. The number of hydrogen-bond donors (Lipinski definition) is 1. The minimum absolute atomic E-state index is 0.0797. The predicted molar refractivity (Wildman–Crippen MR) is 98.9 cm³/mol. The highest BCUT2D eigenvalue weighted by atomic mass is 19.3. The largest absolute Gasteiger partial charge is 0.445 e. The Hall–Kier alpha value is -2.84. The summed E-state index contributed by atoms with van der Waals surface area (Å²) in [7, 11) is 0. The van der Waals surface area contributed by atoms with Crippen molar-refractivity contribution in [1.29, 1.82) is 0 Å². The number of likely N-dealkylation sites (tertiary alicyclic amines) is 1. The smallest absolute Gasteiger partial charge is 0.410 e. The van der Waals surface area contributed by atoms with Crippen LogP contribution in [0.1, 0.15) is 24.0 Å². The molecule has 1 fully saturated rings. The first kappa shape index (κ1) is 20.9. The van der Waals surface area contributed by atoms with E-state index >= 15 is 0 Å². The lowest BCUT2D eigenvalue weighted by Crippen LogP contribution is -2.52. The summed E-state index contributed by atoms with van der Waals surface area (Å²) in [5.74, 6) is -3.97. The van der Waals surface area contributed by atoms with E-state index in [9.17, 15) is 22.4 Å². The molecule has 2 heterocycles. The number of aromatic nitrogens is 1. The summed E-state index contributed by atoms with van der Waals surface area (Å²) in [5.41, 5.74) is 1.07. The molecule has 1 atom stereocenters. The molecule has 2 aromatic rings. The van der Waals surface area contributed by atoms with Crippen LogP contribution in [0.2, 0.25) is 0 Å². The number of carbonyl (C=O) groups is 1. The summed E-state index contributed by atoms with van der Waals surface area (Å²) in [4.78, 5) is 17.0. The van der Waals surface area contributed by atoms with Gasteiger partial charge < -0.3 is 15.0 Å². The number of rotatable bonds is 6. The first-order chi connectivity index (χ1) is 13.8. The van der Waals surface area contributed by atoms with Gasteiger partial charge in [0.05, 0.1) is 6.54 Å². The van der Waals surface area contributed by atoms with Crippen molar-refractivity contribution in [3.63, 3.8) is 0 Å². The quantitative estimate of drug-likeness (QED) is 0.699. The van der Waals surface area contributed by atoms with Gasteiger partial charge in [-0.15, -0.1) is 0 Å². The Balaban J connectivity index is 1.49. The average molecular weight is 411 g/mol. The molecule has 1 aliphatic rings. The zero-order valence-corrected chi connectivity index (χ0v) is 15.5. The van der Waals surface area contributed by atoms with E-state index in [4.69, 9.17) is 4.74 Å². The highest BCUT2D eigenvalue weighted by Gasteiger charge is 2.46. The molecule has 29 heavy (non-hydrogen) atoms. The van der Waals surface area contributed by atoms with E-state index in [0.717, 1.165) is 4.90 Å². The number of benzene rings is 1. The number of amides is 1. The van der Waals surface area contributed by atoms with Gasteiger partial charge in [0.2, 0.25) is 0 Å². The normalized spacial score (nSPS) is 18.5. The minimum Gasteiger partial charge on any atom is -0.445 e. The number of piperidine rings is 1. The molecule has 0 bridgehead atoms. The van der Waals surface area contributed by atoms with Crippen LogP contribution in [0, 0.1) is 5.92 Å². The van der Waals surface area contributed by atoms with E-state index in [2.05, 4.69) is 10.3 Å². The number of alkyl halides is 4. The number of anilines is 1. The standard InChI is InChI=1S/C20H21F4N3O2/c21-18(22)15-3-1-14(2-4-15)12-29-19(28)27-10-7-16(20(23,24)13-27)11-26-17-5-8-25-9-6-17/h1-6,8-9,16,18H,7,10-13H2,(H,25,26)/t16-/m1/s1. The molecule has 1 aromatic heterocycles. The van der Waals surface area contributed by atoms with Crippen molar-refractivity contribution >= 4 is 11.8 Å². The molecular formula is C20H21F4N3O2. The topological polar surface area (TPSA) is 54.5 Å². The van der Waals surface area contributed by atoms with Gasteiger partial charge >= 0.3 is 6.09 Å². The number of nitrogens with one attached hydrogen (secondary N) is 1. The van der Waals surface area contributed by atoms with Crippen LogP contribution in [-0.4, -0.2) is 41.5 Å². The lowest BCUT2D eigenvalue weighted by Gasteiger charge is -2.37. The molecule has 1 N–H and O–H groups in total. The summed E-state index contributed by atoms with van der Waals surface area (Å²) in [6.07, 6.45) is -0.157. The van der Waals surface area contributed by atoms with Gasteiger partial charge in [-0.1, -0.05) is 24.3 Å². The van der Waals surface area contributed by atoms with Gasteiger partial charge in [-0.2, -0.15) is 0 Å². The van der Waals surface area contributed by atoms with Crippen molar-refractivity contribution in [3.05, 3.63) is 59.9 Å². The van der Waals surface area contributed by atoms with Crippen LogP contribution in [0.3, 0.4) is 0 Å². The third kappa shape index (κ3) is 5.58. The van der Waals surface area contributed by atoms with Crippen LogP contribution in [-0.2, 0) is 11.3 Å². The van der Waals surface area contributed by atoms with E-state index in [1.807, 2.05) is 0 Å². The van der Waals surface area contributed by atoms with Crippen LogP contribution in [0.25, 0.3) is 0 Å². The van der Waals surface area contributed by atoms with E-state index in [1.165, 1.54) is 24.3 Å². The highest BCUT2D eigenvalue weighted by molar-refractivity contribution is 5.68. The summed E-state index contributed by atoms with van der Waals surface area (Å²) < 4.78 is 59.1. The van der Waals surface area contributed by atoms with E-state index < -0.39 is 30.9 Å². The van der Waals surface area contributed by atoms with Crippen molar-refractivity contribution in [2.24, 2.45) is 5.92 Å². The summed E-state index contributed by atoms with van der Waals surface area (Å²) in [6, 6.07) is 8.70. The van der Waals surface area contributed by atoms with Crippen LogP contribution in [0.15, 0.2) is 48.8 Å². The van der Waals surface area contributed by atoms with Crippen molar-refractivity contribution in [2.75, 3.05) is 25.0 Å². The first-order valence-electron chi connectivity index (χ1n) is 9.15. The molecule has 1 saturated heterocycles. The number of pyridine rings is 1. The minimum atomic E-state index is -3.06. The Morgan fingerprint density at radius 3 is 2.52 bits per heavy atom. The molecular weight excluding hydrogens is 390 g/mol. The van der Waals surface area contributed by atoms with Gasteiger partial charge in [0.15, 0.2) is 0 Å². The lowest BCUT2D eigenvalue weighted by molar-refractivity contribution is -0.101. The molecule has 0 unspecified atom stereocenters. The second kappa shape index (κ2) is 9.11. The Kier molecular flexibility index (Phi) is 6.56. The first-order valence-corrected chi connectivity index (χ1v) is 9.15. The molecule has 3 rings (SSSR count). The summed E-state index contributed by atoms with van der Waals surface area (Å²) in [5, 5.41) is 2.97. The van der Waals surface area contributed by atoms with Crippen molar-refractivity contribution in [3.8, 4) is 0 Å². The van der Waals surface area contributed by atoms with Gasteiger partial charge in [-0.05, 0) is 24.1 Å². The van der Waals surface area contributed by atoms with Crippen molar-refractivity contribution in [1.82, 2.24) is 9.88 Å². The maximum Gasteiger partial charge on any atom is 0.410 e. The number of halogens is 4. The Morgan fingerprint density at radius 1 is 1.21 bits per heavy atom.